The zero-order valence-electron chi connectivity index (χ0n) is 15.3. The van der Waals surface area contributed by atoms with Crippen LogP contribution in [0, 0.1) is 18.6 Å². The summed E-state index contributed by atoms with van der Waals surface area (Å²) in [6.07, 6.45) is -4.92. The average Bonchev–Trinajstić information content (AvgIpc) is 2.64. The predicted molar refractivity (Wildman–Crippen MR) is 99.9 cm³/mol. The van der Waals surface area contributed by atoms with Gasteiger partial charge in [0.2, 0.25) is 0 Å². The lowest BCUT2D eigenvalue weighted by atomic mass is 10.2. The van der Waals surface area contributed by atoms with Gasteiger partial charge in [-0.15, -0.1) is 0 Å². The molecule has 0 aliphatic carbocycles. The van der Waals surface area contributed by atoms with E-state index in [2.05, 4.69) is 4.72 Å². The van der Waals surface area contributed by atoms with Crippen molar-refractivity contribution in [2.45, 2.75) is 18.0 Å². The number of sulfonamides is 1. The number of anilines is 1. The standard InChI is InChI=1S/C20H14F5NO3S/c1-12-5-7-16(8-6-12)30(27,28)26-14-3-2-4-15(11-14)29-19-17(21)9-13(10-18(19)22)20(23,24)25/h2-11,26H,1H3. The highest BCUT2D eigenvalue weighted by atomic mass is 32.2. The molecule has 0 saturated heterocycles. The molecule has 4 nitrogen and oxygen atoms in total. The first-order valence-corrected chi connectivity index (χ1v) is 9.88. The highest BCUT2D eigenvalue weighted by molar-refractivity contribution is 7.92. The normalized spacial score (nSPS) is 11.9. The molecule has 0 aliphatic heterocycles. The first kappa shape index (κ1) is 21.6. The number of benzene rings is 3. The molecule has 1 N–H and O–H groups in total. The first-order valence-electron chi connectivity index (χ1n) is 8.39. The number of alkyl halides is 3. The van der Waals surface area contributed by atoms with Gasteiger partial charge in [0.1, 0.15) is 5.75 Å². The third-order valence-corrected chi connectivity index (χ3v) is 5.36. The van der Waals surface area contributed by atoms with Gasteiger partial charge in [0.25, 0.3) is 10.0 Å². The molecule has 0 fully saturated rings. The van der Waals surface area contributed by atoms with Crippen LogP contribution in [0.3, 0.4) is 0 Å². The molecule has 0 aromatic heterocycles. The van der Waals surface area contributed by atoms with E-state index in [4.69, 9.17) is 4.74 Å². The second-order valence-electron chi connectivity index (χ2n) is 6.32. The van der Waals surface area contributed by atoms with Gasteiger partial charge in [-0.05, 0) is 43.3 Å². The van der Waals surface area contributed by atoms with Crippen LogP contribution in [0.25, 0.3) is 0 Å². The minimum Gasteiger partial charge on any atom is -0.451 e. The van der Waals surface area contributed by atoms with Crippen LogP contribution >= 0.6 is 0 Å². The number of ether oxygens (including phenoxy) is 1. The van der Waals surface area contributed by atoms with Gasteiger partial charge < -0.3 is 4.74 Å². The molecule has 0 bridgehead atoms. The van der Waals surface area contributed by atoms with E-state index < -0.39 is 39.1 Å². The van der Waals surface area contributed by atoms with E-state index in [-0.39, 0.29) is 28.5 Å². The summed E-state index contributed by atoms with van der Waals surface area (Å²) in [7, 11) is -3.94. The zero-order valence-corrected chi connectivity index (χ0v) is 16.1. The van der Waals surface area contributed by atoms with E-state index in [1.807, 2.05) is 0 Å². The van der Waals surface area contributed by atoms with Gasteiger partial charge in [-0.2, -0.15) is 13.2 Å². The van der Waals surface area contributed by atoms with E-state index in [0.29, 0.717) is 0 Å². The van der Waals surface area contributed by atoms with Crippen LogP contribution in [0.5, 0.6) is 11.5 Å². The van der Waals surface area contributed by atoms with E-state index in [0.717, 1.165) is 11.6 Å². The molecular formula is C20H14F5NO3S. The smallest absolute Gasteiger partial charge is 0.416 e. The maximum absolute atomic E-state index is 14.0. The fraction of sp³-hybridized carbons (Fsp3) is 0.100. The third kappa shape index (κ3) is 4.88. The van der Waals surface area contributed by atoms with Gasteiger partial charge >= 0.3 is 6.18 Å². The summed E-state index contributed by atoms with van der Waals surface area (Å²) in [4.78, 5) is -0.000695. The Morgan fingerprint density at radius 3 is 2.07 bits per heavy atom. The Bertz CT molecular complexity index is 1150. The topological polar surface area (TPSA) is 55.4 Å². The molecule has 10 heteroatoms. The van der Waals surface area contributed by atoms with Crippen LogP contribution in [0.15, 0.2) is 65.6 Å². The lowest BCUT2D eigenvalue weighted by Gasteiger charge is -2.13. The average molecular weight is 443 g/mol. The second kappa shape index (κ2) is 7.94. The predicted octanol–water partition coefficient (Wildman–Crippen LogP) is 5.89. The SMILES string of the molecule is Cc1ccc(S(=O)(=O)Nc2cccc(Oc3c(F)cc(C(F)(F)F)cc3F)c2)cc1. The Morgan fingerprint density at radius 2 is 1.50 bits per heavy atom. The Labute approximate surface area is 169 Å². The van der Waals surface area contributed by atoms with Crippen molar-refractivity contribution in [3.63, 3.8) is 0 Å². The summed E-state index contributed by atoms with van der Waals surface area (Å²) in [6, 6.07) is 11.4. The number of hydrogen-bond donors (Lipinski definition) is 1. The number of hydrogen-bond acceptors (Lipinski definition) is 3. The number of rotatable bonds is 5. The van der Waals surface area contributed by atoms with Crippen molar-refractivity contribution in [3.05, 3.63) is 83.4 Å². The second-order valence-corrected chi connectivity index (χ2v) is 8.00. The first-order chi connectivity index (χ1) is 14.0. The maximum Gasteiger partial charge on any atom is 0.416 e. The largest absolute Gasteiger partial charge is 0.451 e. The summed E-state index contributed by atoms with van der Waals surface area (Å²) in [6.45, 7) is 1.80. The number of nitrogens with one attached hydrogen (secondary N) is 1. The summed E-state index contributed by atoms with van der Waals surface area (Å²) in [5.74, 6) is -4.32. The van der Waals surface area contributed by atoms with Crippen molar-refractivity contribution in [1.29, 1.82) is 0 Å². The molecule has 158 valence electrons. The Morgan fingerprint density at radius 1 is 0.900 bits per heavy atom. The fourth-order valence-corrected chi connectivity index (χ4v) is 3.54. The molecule has 3 aromatic rings. The molecule has 3 rings (SSSR count). The molecule has 0 aliphatic rings. The summed E-state index contributed by atoms with van der Waals surface area (Å²) < 4.78 is 98.1. The van der Waals surface area contributed by atoms with Crippen molar-refractivity contribution < 1.29 is 35.1 Å². The highest BCUT2D eigenvalue weighted by Gasteiger charge is 2.33. The third-order valence-electron chi connectivity index (χ3n) is 3.96. The Balaban J connectivity index is 1.85. The van der Waals surface area contributed by atoms with Crippen molar-refractivity contribution in [2.24, 2.45) is 0 Å². The van der Waals surface area contributed by atoms with Crippen molar-refractivity contribution >= 4 is 15.7 Å². The summed E-state index contributed by atoms with van der Waals surface area (Å²) >= 11 is 0. The molecular weight excluding hydrogens is 429 g/mol. The lowest BCUT2D eigenvalue weighted by molar-refractivity contribution is -0.138. The minimum absolute atomic E-state index is 0.000695. The summed E-state index contributed by atoms with van der Waals surface area (Å²) in [5.41, 5.74) is -0.602. The van der Waals surface area contributed by atoms with Gasteiger partial charge in [-0.3, -0.25) is 4.72 Å². The summed E-state index contributed by atoms with van der Waals surface area (Å²) in [5, 5.41) is 0. The molecule has 0 amide bonds. The molecule has 30 heavy (non-hydrogen) atoms. The molecule has 0 heterocycles. The molecule has 0 atom stereocenters. The Kier molecular flexibility index (Phi) is 5.71. The van der Waals surface area contributed by atoms with Crippen LogP contribution in [-0.4, -0.2) is 8.42 Å². The molecule has 0 saturated carbocycles. The molecule has 3 aromatic carbocycles. The van der Waals surface area contributed by atoms with Crippen LogP contribution in [0.2, 0.25) is 0 Å². The van der Waals surface area contributed by atoms with Crippen LogP contribution in [-0.2, 0) is 16.2 Å². The van der Waals surface area contributed by atoms with Gasteiger partial charge in [-0.25, -0.2) is 17.2 Å². The van der Waals surface area contributed by atoms with Crippen molar-refractivity contribution in [1.82, 2.24) is 0 Å². The molecule has 0 radical (unpaired) electrons. The Hall–Kier alpha value is -3.14. The monoisotopic (exact) mass is 443 g/mol. The van der Waals surface area contributed by atoms with Gasteiger partial charge in [0.05, 0.1) is 16.1 Å². The quantitative estimate of drug-likeness (QED) is 0.501. The van der Waals surface area contributed by atoms with Crippen molar-refractivity contribution in [2.75, 3.05) is 4.72 Å². The minimum atomic E-state index is -4.92. The van der Waals surface area contributed by atoms with Crippen LogP contribution in [0.1, 0.15) is 11.1 Å². The van der Waals surface area contributed by atoms with E-state index >= 15 is 0 Å². The van der Waals surface area contributed by atoms with E-state index in [1.54, 1.807) is 19.1 Å². The number of aryl methyl sites for hydroxylation is 1. The highest BCUT2D eigenvalue weighted by Crippen LogP contribution is 2.36. The number of halogens is 5. The molecule has 0 unspecified atom stereocenters. The van der Waals surface area contributed by atoms with E-state index in [1.165, 1.54) is 30.3 Å². The van der Waals surface area contributed by atoms with Gasteiger partial charge in [0.15, 0.2) is 17.4 Å². The maximum atomic E-state index is 14.0. The zero-order chi connectivity index (χ0) is 22.1. The molecule has 0 spiro atoms. The fourth-order valence-electron chi connectivity index (χ4n) is 2.49. The van der Waals surface area contributed by atoms with Crippen LogP contribution in [0.4, 0.5) is 27.6 Å². The van der Waals surface area contributed by atoms with Gasteiger partial charge in [0, 0.05) is 6.07 Å². The van der Waals surface area contributed by atoms with E-state index in [9.17, 15) is 30.4 Å². The van der Waals surface area contributed by atoms with Crippen molar-refractivity contribution in [3.8, 4) is 11.5 Å². The van der Waals surface area contributed by atoms with Gasteiger partial charge in [-0.1, -0.05) is 23.8 Å². The lowest BCUT2D eigenvalue weighted by Crippen LogP contribution is -2.12. The van der Waals surface area contributed by atoms with Crippen LogP contribution < -0.4 is 9.46 Å².